The number of benzene rings is 2. The molecule has 3 rings (SSSR count). The molecule has 2 aromatic rings. The lowest BCUT2D eigenvalue weighted by molar-refractivity contribution is -0.134. The maximum absolute atomic E-state index is 13.2. The first-order valence-electron chi connectivity index (χ1n) is 8.62. The molecule has 27 heavy (non-hydrogen) atoms. The number of urea groups is 1. The molecule has 0 saturated carbocycles. The number of halogens is 1. The fourth-order valence-corrected chi connectivity index (χ4v) is 3.12. The summed E-state index contributed by atoms with van der Waals surface area (Å²) in [7, 11) is 0. The zero-order chi connectivity index (χ0) is 19.6. The predicted octanol–water partition coefficient (Wildman–Crippen LogP) is 2.93. The number of imide groups is 1. The highest BCUT2D eigenvalue weighted by Gasteiger charge is 2.51. The summed E-state index contributed by atoms with van der Waals surface area (Å²) in [5, 5.41) is 5.33. The average Bonchev–Trinajstić information content (AvgIpc) is 2.89. The van der Waals surface area contributed by atoms with Gasteiger partial charge in [0.25, 0.3) is 5.91 Å². The van der Waals surface area contributed by atoms with E-state index < -0.39 is 35.7 Å². The number of rotatable bonds is 5. The molecule has 1 fully saturated rings. The van der Waals surface area contributed by atoms with Crippen LogP contribution < -0.4 is 10.6 Å². The predicted molar refractivity (Wildman–Crippen MR) is 98.4 cm³/mol. The van der Waals surface area contributed by atoms with E-state index in [1.165, 1.54) is 24.3 Å². The van der Waals surface area contributed by atoms with E-state index in [1.54, 1.807) is 19.1 Å². The van der Waals surface area contributed by atoms with Crippen molar-refractivity contribution in [2.75, 3.05) is 11.9 Å². The van der Waals surface area contributed by atoms with Gasteiger partial charge in [0, 0.05) is 5.69 Å². The van der Waals surface area contributed by atoms with Crippen molar-refractivity contribution in [2.24, 2.45) is 0 Å². The van der Waals surface area contributed by atoms with Gasteiger partial charge in [-0.1, -0.05) is 36.8 Å². The number of hydrogen-bond acceptors (Lipinski definition) is 3. The summed E-state index contributed by atoms with van der Waals surface area (Å²) in [6, 6.07) is 11.9. The van der Waals surface area contributed by atoms with Crippen LogP contribution in [0.4, 0.5) is 14.9 Å². The number of hydrogen-bond donors (Lipinski definition) is 2. The lowest BCUT2D eigenvalue weighted by atomic mass is 9.87. The molecule has 0 radical (unpaired) electrons. The Kier molecular flexibility index (Phi) is 4.94. The van der Waals surface area contributed by atoms with Crippen molar-refractivity contribution in [3.8, 4) is 0 Å². The molecule has 1 atom stereocenters. The fourth-order valence-electron chi connectivity index (χ4n) is 3.12. The van der Waals surface area contributed by atoms with Gasteiger partial charge in [0.2, 0.25) is 5.91 Å². The van der Waals surface area contributed by atoms with Gasteiger partial charge in [-0.25, -0.2) is 9.18 Å². The van der Waals surface area contributed by atoms with Crippen molar-refractivity contribution in [1.29, 1.82) is 0 Å². The molecule has 0 aliphatic carbocycles. The molecule has 6 nitrogen and oxygen atoms in total. The Morgan fingerprint density at radius 3 is 2.33 bits per heavy atom. The minimum Gasteiger partial charge on any atom is -0.325 e. The van der Waals surface area contributed by atoms with E-state index in [1.807, 2.05) is 19.1 Å². The molecular weight excluding hydrogens is 349 g/mol. The highest BCUT2D eigenvalue weighted by atomic mass is 19.1. The van der Waals surface area contributed by atoms with Crippen LogP contribution in [0.1, 0.15) is 24.5 Å². The first-order chi connectivity index (χ1) is 12.9. The van der Waals surface area contributed by atoms with Gasteiger partial charge >= 0.3 is 6.03 Å². The Hall–Kier alpha value is -3.22. The topological polar surface area (TPSA) is 78.5 Å². The van der Waals surface area contributed by atoms with Gasteiger partial charge in [0.15, 0.2) is 0 Å². The van der Waals surface area contributed by atoms with Crippen LogP contribution >= 0.6 is 0 Å². The summed E-state index contributed by atoms with van der Waals surface area (Å²) in [5.41, 5.74) is 0.813. The lowest BCUT2D eigenvalue weighted by Gasteiger charge is -2.25. The van der Waals surface area contributed by atoms with Crippen molar-refractivity contribution in [2.45, 2.75) is 25.8 Å². The summed E-state index contributed by atoms with van der Waals surface area (Å²) in [4.78, 5) is 38.5. The molecule has 1 aliphatic heterocycles. The van der Waals surface area contributed by atoms with Gasteiger partial charge in [-0.05, 0) is 43.2 Å². The average molecular weight is 369 g/mol. The first-order valence-corrected chi connectivity index (χ1v) is 8.62. The molecular formula is C20H20FN3O3. The Labute approximate surface area is 156 Å². The Morgan fingerprint density at radius 1 is 1.11 bits per heavy atom. The van der Waals surface area contributed by atoms with E-state index in [0.29, 0.717) is 11.3 Å². The van der Waals surface area contributed by atoms with E-state index in [0.717, 1.165) is 10.5 Å². The number of amides is 4. The van der Waals surface area contributed by atoms with E-state index in [-0.39, 0.29) is 6.42 Å². The molecule has 0 spiro atoms. The Balaban J connectivity index is 1.77. The maximum Gasteiger partial charge on any atom is 0.325 e. The van der Waals surface area contributed by atoms with Crippen LogP contribution in [-0.4, -0.2) is 29.3 Å². The molecule has 140 valence electrons. The number of nitrogens with one attached hydrogen (secondary N) is 2. The summed E-state index contributed by atoms with van der Waals surface area (Å²) >= 11 is 0. The molecule has 7 heteroatoms. The lowest BCUT2D eigenvalue weighted by Crippen LogP contribution is -2.44. The van der Waals surface area contributed by atoms with Crippen molar-refractivity contribution in [1.82, 2.24) is 10.2 Å². The third kappa shape index (κ3) is 3.53. The summed E-state index contributed by atoms with van der Waals surface area (Å²) < 4.78 is 13.2. The highest BCUT2D eigenvalue weighted by molar-refractivity contribution is 6.10. The van der Waals surface area contributed by atoms with Gasteiger partial charge < -0.3 is 10.6 Å². The molecule has 1 saturated heterocycles. The summed E-state index contributed by atoms with van der Waals surface area (Å²) in [6.45, 7) is 3.28. The minimum atomic E-state index is -1.30. The quantitative estimate of drug-likeness (QED) is 0.796. The zero-order valence-corrected chi connectivity index (χ0v) is 15.1. The van der Waals surface area contributed by atoms with Crippen molar-refractivity contribution in [3.63, 3.8) is 0 Å². The number of carbonyl (C=O) groups is 3. The molecule has 0 bridgehead atoms. The van der Waals surface area contributed by atoms with Gasteiger partial charge in [-0.2, -0.15) is 0 Å². The molecule has 2 N–H and O–H groups in total. The third-order valence-electron chi connectivity index (χ3n) is 4.68. The second-order valence-electron chi connectivity index (χ2n) is 6.50. The summed E-state index contributed by atoms with van der Waals surface area (Å²) in [6.07, 6.45) is 0.277. The van der Waals surface area contributed by atoms with Crippen LogP contribution in [-0.2, 0) is 15.1 Å². The van der Waals surface area contributed by atoms with Crippen LogP contribution in [0, 0.1) is 12.7 Å². The monoisotopic (exact) mass is 369 g/mol. The number of nitrogens with zero attached hydrogens (tertiary/aromatic N) is 1. The minimum absolute atomic E-state index is 0.277. The molecule has 2 aromatic carbocycles. The highest BCUT2D eigenvalue weighted by Crippen LogP contribution is 2.32. The smallest absolute Gasteiger partial charge is 0.325 e. The zero-order valence-electron chi connectivity index (χ0n) is 15.1. The molecule has 1 unspecified atom stereocenters. The second-order valence-corrected chi connectivity index (χ2v) is 6.50. The number of anilines is 1. The van der Waals surface area contributed by atoms with Gasteiger partial charge in [0.1, 0.15) is 17.9 Å². The molecule has 4 amide bonds. The summed E-state index contributed by atoms with van der Waals surface area (Å²) in [5.74, 6) is -1.44. The number of aryl methyl sites for hydroxylation is 1. The Bertz CT molecular complexity index is 880. The van der Waals surface area contributed by atoms with Crippen LogP contribution in [0.2, 0.25) is 0 Å². The molecule has 1 heterocycles. The van der Waals surface area contributed by atoms with Crippen LogP contribution in [0.3, 0.4) is 0 Å². The molecule has 0 aromatic heterocycles. The fraction of sp³-hybridized carbons (Fsp3) is 0.250. The first kappa shape index (κ1) is 18.6. The van der Waals surface area contributed by atoms with Gasteiger partial charge in [0.05, 0.1) is 0 Å². The maximum atomic E-state index is 13.2. The van der Waals surface area contributed by atoms with Gasteiger partial charge in [-0.15, -0.1) is 0 Å². The van der Waals surface area contributed by atoms with Crippen LogP contribution in [0.5, 0.6) is 0 Å². The van der Waals surface area contributed by atoms with Crippen LogP contribution in [0.25, 0.3) is 0 Å². The van der Waals surface area contributed by atoms with Crippen LogP contribution in [0.15, 0.2) is 48.5 Å². The normalized spacial score (nSPS) is 19.1. The third-order valence-corrected chi connectivity index (χ3v) is 4.68. The molecule has 1 aliphatic rings. The van der Waals surface area contributed by atoms with Gasteiger partial charge in [-0.3, -0.25) is 14.5 Å². The second kappa shape index (κ2) is 7.19. The largest absolute Gasteiger partial charge is 0.325 e. The van der Waals surface area contributed by atoms with Crippen molar-refractivity contribution in [3.05, 3.63) is 65.5 Å². The van der Waals surface area contributed by atoms with E-state index in [2.05, 4.69) is 10.6 Å². The van der Waals surface area contributed by atoms with Crippen molar-refractivity contribution >= 4 is 23.5 Å². The van der Waals surface area contributed by atoms with E-state index in [4.69, 9.17) is 0 Å². The Morgan fingerprint density at radius 2 is 1.74 bits per heavy atom. The van der Waals surface area contributed by atoms with E-state index >= 15 is 0 Å². The number of carbonyl (C=O) groups excluding carboxylic acids is 3. The SMILES string of the molecule is CCC1(c2ccc(F)cc2)NC(=O)N(CC(=O)Nc2ccc(C)cc2)C1=O. The standard InChI is InChI=1S/C20H20FN3O3/c1-3-20(14-6-8-15(21)9-7-14)18(26)24(19(27)23-20)12-17(25)22-16-10-4-13(2)5-11-16/h4-11H,3,12H2,1-2H3,(H,22,25)(H,23,27). The van der Waals surface area contributed by atoms with E-state index in [9.17, 15) is 18.8 Å². The van der Waals surface area contributed by atoms with Crippen molar-refractivity contribution < 1.29 is 18.8 Å².